The summed E-state index contributed by atoms with van der Waals surface area (Å²) in [5.74, 6) is 0.850. The van der Waals surface area contributed by atoms with Crippen molar-refractivity contribution >= 4 is 5.91 Å². The minimum atomic E-state index is -0.481. The average molecular weight is 334 g/mol. The van der Waals surface area contributed by atoms with Crippen molar-refractivity contribution in [2.75, 3.05) is 19.8 Å². The first-order valence-electron chi connectivity index (χ1n) is 8.87. The zero-order valence-corrected chi connectivity index (χ0v) is 15.1. The summed E-state index contributed by atoms with van der Waals surface area (Å²) in [5.41, 5.74) is 7.50. The Balaban J connectivity index is 2.07. The number of carbonyl (C=O) groups excluding carboxylic acids is 1. The molecule has 134 valence electrons. The Morgan fingerprint density at radius 1 is 1.42 bits per heavy atom. The molecule has 0 aliphatic carbocycles. The Bertz CT molecular complexity index is 541. The molecule has 1 aromatic rings. The number of hydrogen-bond donors (Lipinski definition) is 2. The van der Waals surface area contributed by atoms with Gasteiger partial charge in [0.1, 0.15) is 11.9 Å². The second kappa shape index (κ2) is 8.49. The third-order valence-electron chi connectivity index (χ3n) is 5.07. The number of rotatable bonds is 8. The molecule has 0 bridgehead atoms. The molecular weight excluding hydrogens is 304 g/mol. The van der Waals surface area contributed by atoms with E-state index in [-0.39, 0.29) is 12.0 Å². The van der Waals surface area contributed by atoms with Crippen LogP contribution in [0.25, 0.3) is 0 Å². The van der Waals surface area contributed by atoms with E-state index in [0.29, 0.717) is 19.7 Å². The fraction of sp³-hybridized carbons (Fsp3) is 0.632. The normalized spacial score (nSPS) is 17.8. The van der Waals surface area contributed by atoms with Gasteiger partial charge >= 0.3 is 0 Å². The van der Waals surface area contributed by atoms with Crippen LogP contribution in [0.5, 0.6) is 5.75 Å². The lowest BCUT2D eigenvalue weighted by atomic mass is 9.81. The Hall–Kier alpha value is -1.59. The first-order valence-corrected chi connectivity index (χ1v) is 8.87. The zero-order chi connectivity index (χ0) is 17.6. The number of aryl methyl sites for hydroxylation is 1. The molecule has 5 heteroatoms. The summed E-state index contributed by atoms with van der Waals surface area (Å²) < 4.78 is 11.5. The van der Waals surface area contributed by atoms with Crippen molar-refractivity contribution in [3.8, 4) is 5.75 Å². The topological polar surface area (TPSA) is 73.6 Å². The van der Waals surface area contributed by atoms with Gasteiger partial charge in [0.25, 0.3) is 0 Å². The molecule has 1 atom stereocenters. The van der Waals surface area contributed by atoms with E-state index in [2.05, 4.69) is 5.32 Å². The fourth-order valence-corrected chi connectivity index (χ4v) is 3.02. The molecule has 24 heavy (non-hydrogen) atoms. The maximum Gasteiger partial charge on any atom is 0.227 e. The SMILES string of the molecule is CCC(CC)(CN)C(=O)NCc1ccc(C)cc1OC1CCOC1. The highest BCUT2D eigenvalue weighted by molar-refractivity contribution is 5.82. The van der Waals surface area contributed by atoms with E-state index < -0.39 is 5.41 Å². The first-order chi connectivity index (χ1) is 11.5. The summed E-state index contributed by atoms with van der Waals surface area (Å²) in [7, 11) is 0. The summed E-state index contributed by atoms with van der Waals surface area (Å²) in [5, 5.41) is 3.05. The third kappa shape index (κ3) is 4.28. The van der Waals surface area contributed by atoms with Gasteiger partial charge in [-0.25, -0.2) is 0 Å². The molecule has 1 saturated heterocycles. The van der Waals surface area contributed by atoms with Crippen LogP contribution in [0.2, 0.25) is 0 Å². The van der Waals surface area contributed by atoms with E-state index in [9.17, 15) is 4.79 Å². The van der Waals surface area contributed by atoms with Crippen LogP contribution < -0.4 is 15.8 Å². The molecule has 1 aliphatic rings. The average Bonchev–Trinajstić information content (AvgIpc) is 3.09. The lowest BCUT2D eigenvalue weighted by Gasteiger charge is -2.28. The maximum absolute atomic E-state index is 12.6. The predicted octanol–water partition coefficient (Wildman–Crippen LogP) is 2.54. The molecule has 1 heterocycles. The Kier molecular flexibility index (Phi) is 6.63. The molecule has 5 nitrogen and oxygen atoms in total. The van der Waals surface area contributed by atoms with Crippen molar-refractivity contribution in [1.82, 2.24) is 5.32 Å². The van der Waals surface area contributed by atoms with Gasteiger partial charge in [-0.1, -0.05) is 26.0 Å². The van der Waals surface area contributed by atoms with Gasteiger partial charge in [-0.05, 0) is 31.4 Å². The van der Waals surface area contributed by atoms with Crippen molar-refractivity contribution in [3.63, 3.8) is 0 Å². The van der Waals surface area contributed by atoms with E-state index in [1.165, 1.54) is 0 Å². The number of nitrogens with one attached hydrogen (secondary N) is 1. The minimum Gasteiger partial charge on any atom is -0.488 e. The first kappa shape index (κ1) is 18.7. The molecule has 1 unspecified atom stereocenters. The number of amides is 1. The Morgan fingerprint density at radius 2 is 2.17 bits per heavy atom. The molecule has 0 spiro atoms. The van der Waals surface area contributed by atoms with E-state index in [1.54, 1.807) is 0 Å². The standard InChI is InChI=1S/C19H30N2O3/c1-4-19(5-2,13-20)18(22)21-11-15-7-6-14(3)10-17(15)24-16-8-9-23-12-16/h6-7,10,16H,4-5,8-9,11-13,20H2,1-3H3,(H,21,22). The van der Waals surface area contributed by atoms with Crippen LogP contribution in [0, 0.1) is 12.3 Å². The van der Waals surface area contributed by atoms with Crippen molar-refractivity contribution in [2.45, 2.75) is 52.7 Å². The predicted molar refractivity (Wildman–Crippen MR) is 94.9 cm³/mol. The Labute approximate surface area is 144 Å². The number of benzene rings is 1. The van der Waals surface area contributed by atoms with Gasteiger partial charge in [0.2, 0.25) is 5.91 Å². The molecule has 2 rings (SSSR count). The highest BCUT2D eigenvalue weighted by atomic mass is 16.5. The molecule has 1 aliphatic heterocycles. The van der Waals surface area contributed by atoms with E-state index >= 15 is 0 Å². The van der Waals surface area contributed by atoms with E-state index in [4.69, 9.17) is 15.2 Å². The van der Waals surface area contributed by atoms with Crippen molar-refractivity contribution in [1.29, 1.82) is 0 Å². The number of nitrogens with two attached hydrogens (primary N) is 1. The molecule has 1 aromatic carbocycles. The van der Waals surface area contributed by atoms with Crippen molar-refractivity contribution in [2.24, 2.45) is 11.1 Å². The van der Waals surface area contributed by atoms with Crippen LogP contribution in [0.1, 0.15) is 44.2 Å². The van der Waals surface area contributed by atoms with Crippen molar-refractivity contribution < 1.29 is 14.3 Å². The summed E-state index contributed by atoms with van der Waals surface area (Å²) in [6.45, 7) is 8.24. The van der Waals surface area contributed by atoms with Gasteiger partial charge in [0.05, 0.1) is 18.6 Å². The molecule has 0 saturated carbocycles. The van der Waals surface area contributed by atoms with Crippen LogP contribution in [0.4, 0.5) is 0 Å². The van der Waals surface area contributed by atoms with Gasteiger partial charge in [-0.3, -0.25) is 4.79 Å². The summed E-state index contributed by atoms with van der Waals surface area (Å²) in [4.78, 5) is 12.6. The molecule has 0 aromatic heterocycles. The lowest BCUT2D eigenvalue weighted by molar-refractivity contribution is -0.131. The van der Waals surface area contributed by atoms with Crippen LogP contribution in [-0.4, -0.2) is 31.8 Å². The van der Waals surface area contributed by atoms with Crippen molar-refractivity contribution in [3.05, 3.63) is 29.3 Å². The zero-order valence-electron chi connectivity index (χ0n) is 15.1. The lowest BCUT2D eigenvalue weighted by Crippen LogP contribution is -2.45. The summed E-state index contributed by atoms with van der Waals surface area (Å²) >= 11 is 0. The molecular formula is C19H30N2O3. The molecule has 1 fully saturated rings. The van der Waals surface area contributed by atoms with Crippen LogP contribution >= 0.6 is 0 Å². The highest BCUT2D eigenvalue weighted by Gasteiger charge is 2.33. The second-order valence-corrected chi connectivity index (χ2v) is 6.59. The third-order valence-corrected chi connectivity index (χ3v) is 5.07. The van der Waals surface area contributed by atoms with Crippen LogP contribution in [0.15, 0.2) is 18.2 Å². The molecule has 0 radical (unpaired) electrons. The number of carbonyl (C=O) groups is 1. The van der Waals surface area contributed by atoms with Crippen LogP contribution in [0.3, 0.4) is 0 Å². The van der Waals surface area contributed by atoms with Gasteiger partial charge in [0, 0.05) is 25.1 Å². The Morgan fingerprint density at radius 3 is 2.75 bits per heavy atom. The van der Waals surface area contributed by atoms with Gasteiger partial charge in [-0.2, -0.15) is 0 Å². The quantitative estimate of drug-likeness (QED) is 0.766. The van der Waals surface area contributed by atoms with E-state index in [0.717, 1.165) is 42.7 Å². The second-order valence-electron chi connectivity index (χ2n) is 6.59. The number of hydrogen-bond acceptors (Lipinski definition) is 4. The monoisotopic (exact) mass is 334 g/mol. The fourth-order valence-electron chi connectivity index (χ4n) is 3.02. The minimum absolute atomic E-state index is 0.0192. The smallest absolute Gasteiger partial charge is 0.227 e. The van der Waals surface area contributed by atoms with Crippen LogP contribution in [-0.2, 0) is 16.1 Å². The van der Waals surface area contributed by atoms with E-state index in [1.807, 2.05) is 39.0 Å². The summed E-state index contributed by atoms with van der Waals surface area (Å²) in [6, 6.07) is 6.08. The van der Waals surface area contributed by atoms with Gasteiger partial charge in [0.15, 0.2) is 0 Å². The highest BCUT2D eigenvalue weighted by Crippen LogP contribution is 2.27. The summed E-state index contributed by atoms with van der Waals surface area (Å²) in [6.07, 6.45) is 2.47. The molecule has 1 amide bonds. The largest absolute Gasteiger partial charge is 0.488 e. The van der Waals surface area contributed by atoms with Gasteiger partial charge in [-0.15, -0.1) is 0 Å². The number of ether oxygens (including phenoxy) is 2. The molecule has 3 N–H and O–H groups in total. The maximum atomic E-state index is 12.6. The van der Waals surface area contributed by atoms with Gasteiger partial charge < -0.3 is 20.5 Å².